The average molecular weight is 548 g/mol. The van der Waals surface area contributed by atoms with Crippen LogP contribution >= 0.6 is 0 Å². The summed E-state index contributed by atoms with van der Waals surface area (Å²) in [4.78, 5) is 36.2. The Balaban J connectivity index is 1.58. The molecule has 0 aliphatic carbocycles. The normalized spacial score (nSPS) is 17.1. The van der Waals surface area contributed by atoms with E-state index in [-0.39, 0.29) is 22.7 Å². The first-order valence-corrected chi connectivity index (χ1v) is 14.9. The van der Waals surface area contributed by atoms with Crippen LogP contribution < -0.4 is 10.4 Å². The lowest BCUT2D eigenvalue weighted by Crippen LogP contribution is -2.66. The Bertz CT molecular complexity index is 1290. The summed E-state index contributed by atoms with van der Waals surface area (Å²) in [5, 5.41) is 24.8. The number of nitro benzene ring substituents is 2. The fourth-order valence-corrected chi connectivity index (χ4v) is 10.2. The summed E-state index contributed by atoms with van der Waals surface area (Å²) < 4.78 is 6.97. The number of amides is 1. The summed E-state index contributed by atoms with van der Waals surface area (Å²) >= 11 is 0. The molecule has 1 amide bonds. The van der Waals surface area contributed by atoms with Gasteiger partial charge in [0.25, 0.3) is 25.6 Å². The summed E-state index contributed by atoms with van der Waals surface area (Å²) in [5.41, 5.74) is -1.01. The highest BCUT2D eigenvalue weighted by Crippen LogP contribution is 2.39. The summed E-state index contributed by atoms with van der Waals surface area (Å²) in [6.45, 7) is 9.01. The number of hydrogen-bond acceptors (Lipinski definition) is 6. The quantitative estimate of drug-likeness (QED) is 0.151. The molecule has 39 heavy (non-hydrogen) atoms. The fraction of sp³-hybridized carbons (Fsp3) is 0.345. The van der Waals surface area contributed by atoms with Gasteiger partial charge in [0.05, 0.1) is 33.6 Å². The van der Waals surface area contributed by atoms with E-state index < -0.39 is 35.4 Å². The minimum atomic E-state index is -2.73. The molecule has 3 aromatic rings. The zero-order chi connectivity index (χ0) is 28.4. The van der Waals surface area contributed by atoms with Gasteiger partial charge in [-0.2, -0.15) is 0 Å². The van der Waals surface area contributed by atoms with E-state index in [9.17, 15) is 25.0 Å². The van der Waals surface area contributed by atoms with E-state index in [4.69, 9.17) is 4.43 Å². The molecule has 204 valence electrons. The van der Waals surface area contributed by atoms with Gasteiger partial charge in [-0.1, -0.05) is 88.4 Å². The van der Waals surface area contributed by atoms with E-state index in [1.807, 2.05) is 43.3 Å². The molecule has 0 spiro atoms. The van der Waals surface area contributed by atoms with Crippen molar-refractivity contribution >= 4 is 36.0 Å². The molecule has 10 heteroatoms. The SMILES string of the molecule is CC[C@H]1[C@@H](CCO[Si](c2ccccc2)(c2ccccc2)C(C)(C)C)N1C(=O)c1cc([N+](=O)[O-])cc([N+](=O)[O-])c1. The standard InChI is InChI=1S/C29H33N3O6Si/c1-5-26-27(30(26)28(33)21-18-22(31(34)35)20-23(19-21)32(36)37)16-17-38-39(29(2,3)4,24-12-8-6-9-13-24)25-14-10-7-11-15-25/h6-15,18-20,26-27H,5,16-17H2,1-4H3/t26-,27+,30?/m0/s1. The van der Waals surface area contributed by atoms with Crippen LogP contribution in [0.3, 0.4) is 0 Å². The number of nitrogens with zero attached hydrogens (tertiary/aromatic N) is 3. The van der Waals surface area contributed by atoms with Crippen LogP contribution in [0.5, 0.6) is 0 Å². The summed E-state index contributed by atoms with van der Waals surface area (Å²) in [6.07, 6.45) is 1.29. The van der Waals surface area contributed by atoms with Gasteiger partial charge in [-0.3, -0.25) is 25.0 Å². The Morgan fingerprint density at radius 1 is 0.872 bits per heavy atom. The molecule has 0 N–H and O–H groups in total. The van der Waals surface area contributed by atoms with Crippen molar-refractivity contribution in [2.24, 2.45) is 0 Å². The molecule has 1 fully saturated rings. The largest absolute Gasteiger partial charge is 0.407 e. The Labute approximate surface area is 228 Å². The van der Waals surface area contributed by atoms with E-state index in [0.717, 1.165) is 18.2 Å². The number of nitro groups is 2. The lowest BCUT2D eigenvalue weighted by Gasteiger charge is -2.43. The molecular weight excluding hydrogens is 514 g/mol. The second-order valence-electron chi connectivity index (χ2n) is 10.8. The second-order valence-corrected chi connectivity index (χ2v) is 15.1. The van der Waals surface area contributed by atoms with E-state index in [2.05, 4.69) is 45.0 Å². The number of rotatable bonds is 10. The molecule has 1 heterocycles. The van der Waals surface area contributed by atoms with Crippen molar-refractivity contribution in [3.05, 3.63) is 105 Å². The molecule has 9 nitrogen and oxygen atoms in total. The van der Waals surface area contributed by atoms with Crippen LogP contribution in [0.15, 0.2) is 78.9 Å². The first-order valence-electron chi connectivity index (χ1n) is 13.0. The third-order valence-corrected chi connectivity index (χ3v) is 12.5. The lowest BCUT2D eigenvalue weighted by atomic mass is 10.1. The maximum absolute atomic E-state index is 13.3. The van der Waals surface area contributed by atoms with Gasteiger partial charge in [-0.15, -0.1) is 0 Å². The molecule has 0 saturated carbocycles. The molecule has 0 unspecified atom stereocenters. The molecule has 1 aliphatic heterocycles. The molecule has 3 aromatic carbocycles. The highest BCUT2D eigenvalue weighted by atomic mass is 28.4. The monoisotopic (exact) mass is 547 g/mol. The van der Waals surface area contributed by atoms with Crippen LogP contribution in [-0.2, 0) is 4.43 Å². The summed E-state index contributed by atoms with van der Waals surface area (Å²) in [5.74, 6) is -0.441. The Morgan fingerprint density at radius 2 is 1.36 bits per heavy atom. The van der Waals surface area contributed by atoms with Crippen molar-refractivity contribution in [3.63, 3.8) is 0 Å². The van der Waals surface area contributed by atoms with E-state index in [0.29, 0.717) is 19.4 Å². The van der Waals surface area contributed by atoms with E-state index in [1.54, 1.807) is 4.90 Å². The smallest absolute Gasteiger partial charge is 0.277 e. The Kier molecular flexibility index (Phi) is 7.98. The number of hydrogen-bond donors (Lipinski definition) is 0. The minimum absolute atomic E-state index is 0.0512. The van der Waals surface area contributed by atoms with Crippen LogP contribution in [0.2, 0.25) is 5.04 Å². The van der Waals surface area contributed by atoms with Crippen molar-refractivity contribution in [2.75, 3.05) is 6.61 Å². The van der Waals surface area contributed by atoms with Crippen molar-refractivity contribution in [1.29, 1.82) is 0 Å². The topological polar surface area (TPSA) is 116 Å². The predicted molar refractivity (Wildman–Crippen MR) is 152 cm³/mol. The number of carbonyl (C=O) groups excluding carboxylic acids is 1. The number of non-ortho nitro benzene ring substituents is 2. The molecule has 0 bridgehead atoms. The highest BCUT2D eigenvalue weighted by molar-refractivity contribution is 6.99. The molecule has 0 radical (unpaired) electrons. The Hall–Kier alpha value is -3.89. The maximum atomic E-state index is 13.3. The third kappa shape index (κ3) is 5.48. The third-order valence-electron chi connectivity index (χ3n) is 7.44. The van der Waals surface area contributed by atoms with Gasteiger partial charge in [0, 0.05) is 18.7 Å². The second kappa shape index (κ2) is 11.1. The van der Waals surface area contributed by atoms with Crippen LogP contribution in [0.25, 0.3) is 0 Å². The van der Waals surface area contributed by atoms with Gasteiger partial charge in [-0.05, 0) is 28.3 Å². The van der Waals surface area contributed by atoms with Crippen molar-refractivity contribution in [2.45, 2.75) is 57.7 Å². The number of benzene rings is 3. The van der Waals surface area contributed by atoms with Crippen molar-refractivity contribution in [1.82, 2.24) is 4.90 Å². The zero-order valence-electron chi connectivity index (χ0n) is 22.6. The van der Waals surface area contributed by atoms with Gasteiger partial charge in [0.2, 0.25) is 0 Å². The van der Waals surface area contributed by atoms with Gasteiger partial charge < -0.3 is 9.33 Å². The zero-order valence-corrected chi connectivity index (χ0v) is 23.6. The van der Waals surface area contributed by atoms with Gasteiger partial charge in [-0.25, -0.2) is 0 Å². The highest BCUT2D eigenvalue weighted by Gasteiger charge is 2.52. The fourth-order valence-electron chi connectivity index (χ4n) is 5.61. The van der Waals surface area contributed by atoms with Crippen molar-refractivity contribution < 1.29 is 19.1 Å². The van der Waals surface area contributed by atoms with E-state index in [1.165, 1.54) is 10.4 Å². The maximum Gasteiger partial charge on any atom is 0.277 e. The van der Waals surface area contributed by atoms with Gasteiger partial charge in [0.15, 0.2) is 0 Å². The molecule has 1 saturated heterocycles. The Morgan fingerprint density at radius 3 is 1.77 bits per heavy atom. The molecule has 2 atom stereocenters. The molecule has 4 rings (SSSR count). The van der Waals surface area contributed by atoms with Crippen LogP contribution in [-0.4, -0.2) is 47.7 Å². The van der Waals surface area contributed by atoms with Crippen molar-refractivity contribution in [3.8, 4) is 0 Å². The van der Waals surface area contributed by atoms with E-state index >= 15 is 0 Å². The molecule has 1 aliphatic rings. The first kappa shape index (κ1) is 28.1. The molecular formula is C29H33N3O6Si. The summed E-state index contributed by atoms with van der Waals surface area (Å²) in [6, 6.07) is 23.5. The van der Waals surface area contributed by atoms with Crippen LogP contribution in [0.4, 0.5) is 11.4 Å². The van der Waals surface area contributed by atoms with Crippen LogP contribution in [0, 0.1) is 20.2 Å². The lowest BCUT2D eigenvalue weighted by molar-refractivity contribution is -0.394. The first-order chi connectivity index (χ1) is 18.5. The predicted octanol–water partition coefficient (Wildman–Crippen LogP) is 5.07. The van der Waals surface area contributed by atoms with Gasteiger partial charge >= 0.3 is 0 Å². The molecule has 0 aromatic heterocycles. The number of carbonyl (C=O) groups is 1. The van der Waals surface area contributed by atoms with Gasteiger partial charge in [0.1, 0.15) is 0 Å². The average Bonchev–Trinajstić information content (AvgIpc) is 3.63. The minimum Gasteiger partial charge on any atom is -0.407 e. The summed E-state index contributed by atoms with van der Waals surface area (Å²) in [7, 11) is -2.73. The van der Waals surface area contributed by atoms with Crippen LogP contribution in [0.1, 0.15) is 50.9 Å².